The summed E-state index contributed by atoms with van der Waals surface area (Å²) >= 11 is 0.789. The van der Waals surface area contributed by atoms with Crippen LogP contribution in [0.15, 0.2) is 42.5 Å². The molecule has 2 aromatic carbocycles. The molecule has 0 aliphatic rings. The Morgan fingerprint density at radius 3 is 2.45 bits per heavy atom. The van der Waals surface area contributed by atoms with Crippen molar-refractivity contribution in [3.63, 3.8) is 0 Å². The van der Waals surface area contributed by atoms with E-state index in [1.165, 1.54) is 5.56 Å². The second kappa shape index (κ2) is 22.5. The van der Waals surface area contributed by atoms with Crippen molar-refractivity contribution in [1.29, 1.82) is 5.26 Å². The lowest BCUT2D eigenvalue weighted by Gasteiger charge is -2.27. The third-order valence-electron chi connectivity index (χ3n) is 6.22. The van der Waals surface area contributed by atoms with Gasteiger partial charge in [0.2, 0.25) is 5.91 Å². The lowest BCUT2D eigenvalue weighted by Crippen LogP contribution is -2.55. The number of benzene rings is 2. The highest BCUT2D eigenvalue weighted by Gasteiger charge is 2.28. The van der Waals surface area contributed by atoms with E-state index in [1.807, 2.05) is 37.3 Å². The van der Waals surface area contributed by atoms with Crippen LogP contribution in [0.1, 0.15) is 49.8 Å². The molecule has 14 heteroatoms. The molecule has 0 aliphatic heterocycles. The number of aliphatic hydroxyl groups is 1. The highest BCUT2D eigenvalue weighted by molar-refractivity contribution is 7.94. The summed E-state index contributed by atoms with van der Waals surface area (Å²) < 4.78 is 37.8. The van der Waals surface area contributed by atoms with E-state index in [9.17, 15) is 23.5 Å². The van der Waals surface area contributed by atoms with Gasteiger partial charge in [0, 0.05) is 31.2 Å². The highest BCUT2D eigenvalue weighted by Crippen LogP contribution is 2.14. The maximum atomic E-state index is 13.9. The van der Waals surface area contributed by atoms with Crippen molar-refractivity contribution >= 4 is 36.5 Å². The first kappa shape index (κ1) is 39.0. The number of halogens is 3. The van der Waals surface area contributed by atoms with Crippen molar-refractivity contribution in [3.05, 3.63) is 70.8 Å². The van der Waals surface area contributed by atoms with Gasteiger partial charge in [-0.1, -0.05) is 44.5 Å². The van der Waals surface area contributed by atoms with Crippen LogP contribution in [0.2, 0.25) is 0 Å². The minimum Gasteiger partial charge on any atom is -0.448 e. The molecule has 2 aromatic rings. The number of hydrogen-bond acceptors (Lipinski definition) is 9. The molecule has 0 saturated carbocycles. The zero-order valence-corrected chi connectivity index (χ0v) is 26.5. The zero-order valence-electron chi connectivity index (χ0n) is 24.9. The van der Waals surface area contributed by atoms with Crippen molar-refractivity contribution in [3.8, 4) is 6.07 Å². The van der Waals surface area contributed by atoms with Crippen molar-refractivity contribution in [1.82, 2.24) is 16.0 Å². The number of nitrogens with one attached hydrogen (secondary N) is 3. The molecule has 10 nitrogen and oxygen atoms in total. The Labute approximate surface area is 267 Å². The summed E-state index contributed by atoms with van der Waals surface area (Å²) in [6.07, 6.45) is 0.321. The van der Waals surface area contributed by atoms with Crippen LogP contribution in [0.4, 0.5) is 13.6 Å². The summed E-state index contributed by atoms with van der Waals surface area (Å²) in [6, 6.07) is 10.6. The van der Waals surface area contributed by atoms with Crippen molar-refractivity contribution in [2.45, 2.75) is 70.7 Å². The Balaban J connectivity index is 0.00000968. The lowest BCUT2D eigenvalue weighted by atomic mass is 10.00. The van der Waals surface area contributed by atoms with Crippen LogP contribution in [-0.4, -0.2) is 60.8 Å². The van der Waals surface area contributed by atoms with Gasteiger partial charge in [-0.3, -0.25) is 4.79 Å². The molecule has 44 heavy (non-hydrogen) atoms. The molecule has 0 unspecified atom stereocenters. The van der Waals surface area contributed by atoms with Gasteiger partial charge in [0.25, 0.3) is 0 Å². The molecule has 0 heterocycles. The first-order valence-corrected chi connectivity index (χ1v) is 15.1. The van der Waals surface area contributed by atoms with Gasteiger partial charge in [0.05, 0.1) is 37.0 Å². The number of ether oxygens (including phenoxy) is 1. The Bertz CT molecular complexity index is 1170. The first-order valence-electron chi connectivity index (χ1n) is 14.2. The van der Waals surface area contributed by atoms with Gasteiger partial charge in [-0.05, 0) is 48.1 Å². The van der Waals surface area contributed by atoms with E-state index in [-0.39, 0.29) is 49.7 Å². The molecule has 2 amide bonds. The van der Waals surface area contributed by atoms with Crippen LogP contribution >= 0.6 is 24.4 Å². The number of nitrogens with zero attached hydrogens (tertiary/aromatic N) is 1. The second-order valence-electron chi connectivity index (χ2n) is 9.74. The van der Waals surface area contributed by atoms with E-state index in [0.29, 0.717) is 13.2 Å². The Morgan fingerprint density at radius 2 is 1.77 bits per heavy atom. The number of aliphatic hydroxyl groups excluding tert-OH is 1. The Morgan fingerprint density at radius 1 is 1.05 bits per heavy atom. The molecule has 0 aliphatic carbocycles. The lowest BCUT2D eigenvalue weighted by molar-refractivity contribution is -0.191. The number of rotatable bonds is 20. The number of carbonyl (C=O) groups is 2. The summed E-state index contributed by atoms with van der Waals surface area (Å²) in [4.78, 5) is 30.7. The molecule has 0 spiro atoms. The molecule has 0 bridgehead atoms. The summed E-state index contributed by atoms with van der Waals surface area (Å²) in [5.74, 6) is -2.37. The fourth-order valence-electron chi connectivity index (χ4n) is 3.94. The van der Waals surface area contributed by atoms with Gasteiger partial charge in [-0.15, -0.1) is 12.4 Å². The van der Waals surface area contributed by atoms with Gasteiger partial charge < -0.3 is 25.8 Å². The van der Waals surface area contributed by atoms with Crippen molar-refractivity contribution in [2.75, 3.05) is 25.5 Å². The van der Waals surface area contributed by atoms with Crippen LogP contribution in [0, 0.1) is 23.0 Å². The van der Waals surface area contributed by atoms with Gasteiger partial charge in [0.1, 0.15) is 24.3 Å². The average Bonchev–Trinajstić information content (AvgIpc) is 2.97. The third-order valence-corrected chi connectivity index (χ3v) is 6.88. The molecular formula is C30H41ClF2N4O6S. The van der Waals surface area contributed by atoms with Gasteiger partial charge in [-0.25, -0.2) is 18.5 Å². The highest BCUT2D eigenvalue weighted by atomic mass is 35.5. The third kappa shape index (κ3) is 15.7. The number of unbranched alkanes of at least 4 members (excludes halogenated alkanes) is 1. The first-order chi connectivity index (χ1) is 20.7. The number of aryl methyl sites for hydroxylation is 1. The fourth-order valence-corrected chi connectivity index (χ4v) is 4.50. The topological polar surface area (TPSA) is 142 Å². The molecule has 0 fully saturated rings. The number of carbonyl (C=O) groups excluding carboxylic acids is 2. The molecular weight excluding hydrogens is 618 g/mol. The van der Waals surface area contributed by atoms with Crippen LogP contribution in [0.25, 0.3) is 0 Å². The number of amides is 2. The molecule has 0 saturated heterocycles. The minimum atomic E-state index is -1.20. The molecule has 0 aromatic heterocycles. The maximum Gasteiger partial charge on any atom is 0.407 e. The van der Waals surface area contributed by atoms with E-state index < -0.39 is 41.8 Å². The number of alkyl carbamates (subject to hydrolysis) is 1. The molecule has 0 radical (unpaired) electrons. The summed E-state index contributed by atoms with van der Waals surface area (Å²) in [6.45, 7) is 4.72. The summed E-state index contributed by atoms with van der Waals surface area (Å²) in [5.41, 5.74) is 2.40. The predicted molar refractivity (Wildman–Crippen MR) is 166 cm³/mol. The number of nitriles is 1. The summed E-state index contributed by atoms with van der Waals surface area (Å²) in [5, 5.41) is 28.0. The van der Waals surface area contributed by atoms with E-state index in [1.54, 1.807) is 0 Å². The standard InChI is InChI=1S/C30H40F2N4O6S.ClH/c1-3-5-12-41-42-43-20-27(36-30(39)40-11-7-10-33)29(38)35-26(16-23-14-24(31)17-25(32)15-23)28(37)19-34-18-22-9-6-8-21(4-2)13-22;/h6,8-9,13-15,17,26-28,34,37H,3-5,7,11-12,16,18-20H2,1-2H3,(H,35,38)(H,36,39);1H/t26-,27+,28+;/m0./s1. The number of hydrogen-bond donors (Lipinski definition) is 4. The Kier molecular flexibility index (Phi) is 20.0. The predicted octanol–water partition coefficient (Wildman–Crippen LogP) is 4.53. The summed E-state index contributed by atoms with van der Waals surface area (Å²) in [7, 11) is 0. The smallest absolute Gasteiger partial charge is 0.407 e. The van der Waals surface area contributed by atoms with Crippen LogP contribution in [-0.2, 0) is 38.1 Å². The van der Waals surface area contributed by atoms with Gasteiger partial charge in [0.15, 0.2) is 0 Å². The van der Waals surface area contributed by atoms with Gasteiger partial charge >= 0.3 is 6.09 Å². The van der Waals surface area contributed by atoms with Crippen molar-refractivity contribution in [2.24, 2.45) is 0 Å². The minimum absolute atomic E-state index is 0. The normalized spacial score (nSPS) is 12.7. The fraction of sp³-hybridized carbons (Fsp3) is 0.500. The van der Waals surface area contributed by atoms with E-state index in [0.717, 1.165) is 55.1 Å². The average molecular weight is 659 g/mol. The molecule has 4 N–H and O–H groups in total. The van der Waals surface area contributed by atoms with E-state index in [4.69, 9.17) is 19.2 Å². The molecule has 3 atom stereocenters. The van der Waals surface area contributed by atoms with Crippen LogP contribution < -0.4 is 16.0 Å². The maximum absolute atomic E-state index is 13.9. The monoisotopic (exact) mass is 658 g/mol. The second-order valence-corrected chi connectivity index (χ2v) is 10.4. The van der Waals surface area contributed by atoms with Crippen molar-refractivity contribution < 1.29 is 37.4 Å². The Hall–Kier alpha value is -2.99. The SMILES string of the molecule is CCCCOOSC[C@@H](NC(=O)OCCC#N)C(=O)N[C@@H](Cc1cc(F)cc(F)c1)[C@H](O)CNCc1cccc(CC)c1.Cl. The van der Waals surface area contributed by atoms with Crippen LogP contribution in [0.5, 0.6) is 0 Å². The quantitative estimate of drug-likeness (QED) is 0.0699. The molecule has 2 rings (SSSR count). The van der Waals surface area contributed by atoms with E-state index in [2.05, 4.69) is 22.9 Å². The molecule has 244 valence electrons. The largest absolute Gasteiger partial charge is 0.448 e. The van der Waals surface area contributed by atoms with Crippen LogP contribution in [0.3, 0.4) is 0 Å². The van der Waals surface area contributed by atoms with Gasteiger partial charge in [-0.2, -0.15) is 9.60 Å². The zero-order chi connectivity index (χ0) is 31.5. The van der Waals surface area contributed by atoms with E-state index >= 15 is 0 Å².